The van der Waals surface area contributed by atoms with Crippen LogP contribution in [0.1, 0.15) is 15.9 Å². The summed E-state index contributed by atoms with van der Waals surface area (Å²) in [7, 11) is 2.11. The molecule has 2 saturated heterocycles. The Balaban J connectivity index is 1.69. The highest BCUT2D eigenvalue weighted by molar-refractivity contribution is 5.99. The molecule has 122 valence electrons. The summed E-state index contributed by atoms with van der Waals surface area (Å²) in [5.41, 5.74) is 2.20. The molecule has 0 aliphatic carbocycles. The van der Waals surface area contributed by atoms with Gasteiger partial charge in [-0.05, 0) is 19.5 Å². The number of aryl methyl sites for hydroxylation is 1. The molecule has 23 heavy (non-hydrogen) atoms. The predicted molar refractivity (Wildman–Crippen MR) is 84.4 cm³/mol. The summed E-state index contributed by atoms with van der Waals surface area (Å²) >= 11 is 0. The quantitative estimate of drug-likeness (QED) is 0.764. The molecule has 0 unspecified atom stereocenters. The van der Waals surface area contributed by atoms with Crippen LogP contribution in [0.3, 0.4) is 0 Å². The van der Waals surface area contributed by atoms with E-state index in [0.29, 0.717) is 23.7 Å². The molecule has 2 fully saturated rings. The van der Waals surface area contributed by atoms with Crippen molar-refractivity contribution in [3.05, 3.63) is 29.7 Å². The molecule has 2 aliphatic heterocycles. The van der Waals surface area contributed by atoms with Crippen molar-refractivity contribution < 1.29 is 9.53 Å². The second-order valence-corrected chi connectivity index (χ2v) is 6.69. The Labute approximate surface area is 134 Å². The van der Waals surface area contributed by atoms with Crippen molar-refractivity contribution in [1.82, 2.24) is 24.4 Å². The van der Waals surface area contributed by atoms with Crippen LogP contribution in [0.15, 0.2) is 18.6 Å². The number of likely N-dealkylation sites (N-methyl/N-ethyl adjacent to an activating group) is 1. The number of fused-ring (bicyclic) bond motifs is 4. The van der Waals surface area contributed by atoms with E-state index in [2.05, 4.69) is 22.0 Å². The van der Waals surface area contributed by atoms with Gasteiger partial charge in [0.15, 0.2) is 5.65 Å². The zero-order valence-electron chi connectivity index (χ0n) is 13.5. The molecular weight excluding hydrogens is 294 g/mol. The minimum absolute atomic E-state index is 0.00662. The lowest BCUT2D eigenvalue weighted by Crippen LogP contribution is -2.45. The Kier molecular flexibility index (Phi) is 3.54. The van der Waals surface area contributed by atoms with E-state index in [1.807, 2.05) is 18.0 Å². The Morgan fingerprint density at radius 2 is 2.13 bits per heavy atom. The van der Waals surface area contributed by atoms with Crippen molar-refractivity contribution in [3.63, 3.8) is 0 Å². The van der Waals surface area contributed by atoms with Gasteiger partial charge >= 0.3 is 0 Å². The average molecular weight is 315 g/mol. The van der Waals surface area contributed by atoms with Gasteiger partial charge in [-0.3, -0.25) is 4.79 Å². The summed E-state index contributed by atoms with van der Waals surface area (Å²) in [6, 6.07) is 0.0837. The van der Waals surface area contributed by atoms with Gasteiger partial charge in [0.05, 0.1) is 25.5 Å². The Morgan fingerprint density at radius 1 is 1.26 bits per heavy atom. The van der Waals surface area contributed by atoms with E-state index in [0.717, 1.165) is 31.8 Å². The Bertz CT molecular complexity index is 743. The van der Waals surface area contributed by atoms with Crippen LogP contribution in [0.5, 0.6) is 0 Å². The molecule has 0 radical (unpaired) electrons. The molecule has 2 bridgehead atoms. The lowest BCUT2D eigenvalue weighted by Gasteiger charge is -2.29. The van der Waals surface area contributed by atoms with Crippen LogP contribution < -0.4 is 0 Å². The van der Waals surface area contributed by atoms with Gasteiger partial charge in [0.25, 0.3) is 5.91 Å². The largest absolute Gasteiger partial charge is 0.379 e. The summed E-state index contributed by atoms with van der Waals surface area (Å²) in [6.07, 6.45) is 5.28. The fourth-order valence-electron chi connectivity index (χ4n) is 3.60. The highest BCUT2D eigenvalue weighted by Gasteiger charge is 2.36. The van der Waals surface area contributed by atoms with E-state index >= 15 is 0 Å². The number of carbonyl (C=O) groups is 1. The van der Waals surface area contributed by atoms with Crippen LogP contribution in [-0.2, 0) is 4.74 Å². The predicted octanol–water partition coefficient (Wildman–Crippen LogP) is 0.440. The van der Waals surface area contributed by atoms with Crippen molar-refractivity contribution in [2.75, 3.05) is 39.9 Å². The van der Waals surface area contributed by atoms with Crippen LogP contribution in [-0.4, -0.2) is 76.2 Å². The third-order valence-corrected chi connectivity index (χ3v) is 4.63. The van der Waals surface area contributed by atoms with Gasteiger partial charge in [-0.1, -0.05) is 0 Å². The normalized spacial score (nSPS) is 25.6. The monoisotopic (exact) mass is 315 g/mol. The highest BCUT2D eigenvalue weighted by atomic mass is 16.5. The Morgan fingerprint density at radius 3 is 3.00 bits per heavy atom. The Hall–Kier alpha value is -1.99. The summed E-state index contributed by atoms with van der Waals surface area (Å²) in [4.78, 5) is 21.8. The number of aromatic nitrogens is 3. The topological polar surface area (TPSA) is 63.0 Å². The highest BCUT2D eigenvalue weighted by Crippen LogP contribution is 2.22. The number of ether oxygens (including phenoxy) is 1. The lowest BCUT2D eigenvalue weighted by molar-refractivity contribution is 0.0484. The van der Waals surface area contributed by atoms with Gasteiger partial charge in [-0.15, -0.1) is 0 Å². The number of nitrogens with zero attached hydrogens (tertiary/aromatic N) is 5. The number of hydrogen-bond donors (Lipinski definition) is 0. The van der Waals surface area contributed by atoms with E-state index in [1.165, 1.54) is 0 Å². The molecule has 1 amide bonds. The van der Waals surface area contributed by atoms with Gasteiger partial charge in [0, 0.05) is 37.9 Å². The van der Waals surface area contributed by atoms with Gasteiger partial charge in [-0.2, -0.15) is 5.10 Å². The fraction of sp³-hybridized carbons (Fsp3) is 0.562. The first-order chi connectivity index (χ1) is 11.1. The summed E-state index contributed by atoms with van der Waals surface area (Å²) in [6.45, 7) is 5.81. The van der Waals surface area contributed by atoms with E-state index in [9.17, 15) is 4.79 Å². The molecule has 7 heteroatoms. The molecule has 0 N–H and O–H groups in total. The molecule has 4 heterocycles. The smallest absolute Gasteiger partial charge is 0.259 e. The van der Waals surface area contributed by atoms with E-state index < -0.39 is 0 Å². The van der Waals surface area contributed by atoms with Crippen LogP contribution >= 0.6 is 0 Å². The van der Waals surface area contributed by atoms with E-state index in [1.54, 1.807) is 16.9 Å². The van der Waals surface area contributed by atoms with Crippen molar-refractivity contribution >= 4 is 11.6 Å². The molecule has 4 rings (SSSR count). The van der Waals surface area contributed by atoms with E-state index in [4.69, 9.17) is 4.74 Å². The minimum Gasteiger partial charge on any atom is -0.379 e. The molecule has 2 aromatic rings. The standard InChI is InChI=1S/C16H21N5O2/c1-11-3-17-15-14(4-18-21(15)5-11)16(22)20-7-12-6-19(2)8-13(20)10-23-9-12/h3-5,12-13H,6-10H2,1-2H3/t12-,13-/m0/s1. The van der Waals surface area contributed by atoms with Crippen molar-refractivity contribution in [1.29, 1.82) is 0 Å². The number of carbonyl (C=O) groups excluding carboxylic acids is 1. The SMILES string of the molecule is Cc1cnc2c(C(=O)N3C[C@H]4COC[C@@H]3CN(C)C4)cnn2c1. The average Bonchev–Trinajstić information content (AvgIpc) is 2.72. The minimum atomic E-state index is 0.00662. The second-order valence-electron chi connectivity index (χ2n) is 6.69. The van der Waals surface area contributed by atoms with Crippen LogP contribution in [0, 0.1) is 12.8 Å². The zero-order chi connectivity index (χ0) is 16.0. The first kappa shape index (κ1) is 14.6. The lowest BCUT2D eigenvalue weighted by atomic mass is 10.1. The van der Waals surface area contributed by atoms with Crippen molar-refractivity contribution in [3.8, 4) is 0 Å². The second kappa shape index (κ2) is 5.58. The molecule has 0 spiro atoms. The number of rotatable bonds is 1. The molecular formula is C16H21N5O2. The van der Waals surface area contributed by atoms with Crippen molar-refractivity contribution in [2.24, 2.45) is 5.92 Å². The first-order valence-electron chi connectivity index (χ1n) is 7.99. The summed E-state index contributed by atoms with van der Waals surface area (Å²) in [5.74, 6) is 0.362. The molecule has 2 aliphatic rings. The van der Waals surface area contributed by atoms with Crippen LogP contribution in [0.2, 0.25) is 0 Å². The van der Waals surface area contributed by atoms with Gasteiger partial charge in [-0.25, -0.2) is 9.50 Å². The fourth-order valence-corrected chi connectivity index (χ4v) is 3.60. The maximum Gasteiger partial charge on any atom is 0.259 e. The summed E-state index contributed by atoms with van der Waals surface area (Å²) < 4.78 is 7.43. The van der Waals surface area contributed by atoms with Crippen LogP contribution in [0.25, 0.3) is 5.65 Å². The number of hydrogen-bond acceptors (Lipinski definition) is 5. The van der Waals surface area contributed by atoms with E-state index in [-0.39, 0.29) is 11.9 Å². The number of amides is 1. The van der Waals surface area contributed by atoms with Gasteiger partial charge in [0.1, 0.15) is 5.56 Å². The molecule has 0 aromatic carbocycles. The maximum absolute atomic E-state index is 13.1. The van der Waals surface area contributed by atoms with Gasteiger partial charge in [0.2, 0.25) is 0 Å². The molecule has 2 atom stereocenters. The first-order valence-corrected chi connectivity index (χ1v) is 7.99. The van der Waals surface area contributed by atoms with Crippen molar-refractivity contribution in [2.45, 2.75) is 13.0 Å². The molecule has 0 saturated carbocycles. The molecule has 7 nitrogen and oxygen atoms in total. The third-order valence-electron chi connectivity index (χ3n) is 4.63. The summed E-state index contributed by atoms with van der Waals surface area (Å²) in [5, 5.41) is 4.28. The molecule has 2 aromatic heterocycles. The maximum atomic E-state index is 13.1. The van der Waals surface area contributed by atoms with Gasteiger partial charge < -0.3 is 14.5 Å². The van der Waals surface area contributed by atoms with Crippen LogP contribution in [0.4, 0.5) is 0 Å². The zero-order valence-corrected chi connectivity index (χ0v) is 13.5. The third kappa shape index (κ3) is 2.60.